The van der Waals surface area contributed by atoms with Crippen LogP contribution in [-0.2, 0) is 10.0 Å². The minimum absolute atomic E-state index is 0.220. The third kappa shape index (κ3) is 3.94. The zero-order valence-corrected chi connectivity index (χ0v) is 13.4. The van der Waals surface area contributed by atoms with Gasteiger partial charge in [0.05, 0.1) is 4.90 Å². The van der Waals surface area contributed by atoms with Crippen LogP contribution in [0.5, 0.6) is 0 Å². The van der Waals surface area contributed by atoms with Crippen LogP contribution in [0.3, 0.4) is 0 Å². The number of anilines is 1. The summed E-state index contributed by atoms with van der Waals surface area (Å²) in [5.74, 6) is 0.359. The minimum Gasteiger partial charge on any atom is -0.378 e. The second-order valence-electron chi connectivity index (χ2n) is 5.43. The molecule has 0 fully saturated rings. The van der Waals surface area contributed by atoms with Gasteiger partial charge in [0.25, 0.3) is 0 Å². The van der Waals surface area contributed by atoms with E-state index in [1.54, 1.807) is 31.2 Å². The van der Waals surface area contributed by atoms with Gasteiger partial charge < -0.3 is 11.1 Å². The van der Waals surface area contributed by atoms with E-state index >= 15 is 0 Å². The smallest absolute Gasteiger partial charge is 0.240 e. The molecule has 0 bridgehead atoms. The Morgan fingerprint density at radius 1 is 1.25 bits per heavy atom. The third-order valence-electron chi connectivity index (χ3n) is 3.63. The Labute approximate surface area is 122 Å². The van der Waals surface area contributed by atoms with E-state index in [1.165, 1.54) is 0 Å². The number of sulfonamides is 1. The number of hydrogen-bond acceptors (Lipinski definition) is 4. The molecule has 1 rings (SSSR count). The van der Waals surface area contributed by atoms with Crippen molar-refractivity contribution in [2.75, 3.05) is 18.4 Å². The second-order valence-corrected chi connectivity index (χ2v) is 7.19. The zero-order valence-electron chi connectivity index (χ0n) is 12.6. The van der Waals surface area contributed by atoms with E-state index in [4.69, 9.17) is 5.73 Å². The van der Waals surface area contributed by atoms with Crippen LogP contribution < -0.4 is 15.8 Å². The summed E-state index contributed by atoms with van der Waals surface area (Å²) in [5, 5.41) is 3.37. The highest BCUT2D eigenvalue weighted by molar-refractivity contribution is 7.89. The molecule has 0 aliphatic carbocycles. The fraction of sp³-hybridized carbons (Fsp3) is 0.571. The summed E-state index contributed by atoms with van der Waals surface area (Å²) in [6.07, 6.45) is 0. The van der Waals surface area contributed by atoms with E-state index in [2.05, 4.69) is 30.8 Å². The predicted molar refractivity (Wildman–Crippen MR) is 83.2 cm³/mol. The van der Waals surface area contributed by atoms with Crippen molar-refractivity contribution in [2.24, 2.45) is 11.7 Å². The molecular formula is C14H25N3O2S. The fourth-order valence-corrected chi connectivity index (χ4v) is 2.79. The molecule has 20 heavy (non-hydrogen) atoms. The number of hydrogen-bond donors (Lipinski definition) is 3. The van der Waals surface area contributed by atoms with Crippen LogP contribution in [0.4, 0.5) is 5.69 Å². The highest BCUT2D eigenvalue weighted by Crippen LogP contribution is 2.23. The summed E-state index contributed by atoms with van der Waals surface area (Å²) >= 11 is 0. The molecular weight excluding hydrogens is 274 g/mol. The normalized spacial score (nSPS) is 15.1. The number of benzene rings is 1. The van der Waals surface area contributed by atoms with Crippen molar-refractivity contribution in [2.45, 2.75) is 38.1 Å². The van der Waals surface area contributed by atoms with Crippen molar-refractivity contribution in [3.63, 3.8) is 0 Å². The van der Waals surface area contributed by atoms with Crippen LogP contribution in [0.15, 0.2) is 29.2 Å². The molecule has 1 aromatic carbocycles. The van der Waals surface area contributed by atoms with Crippen LogP contribution in [0.25, 0.3) is 0 Å². The van der Waals surface area contributed by atoms with E-state index < -0.39 is 10.0 Å². The minimum atomic E-state index is -3.40. The summed E-state index contributed by atoms with van der Waals surface area (Å²) in [5.41, 5.74) is 6.47. The molecule has 114 valence electrons. The maximum atomic E-state index is 11.8. The first kappa shape index (κ1) is 16.9. The molecule has 6 heteroatoms. The van der Waals surface area contributed by atoms with Gasteiger partial charge in [0.2, 0.25) is 10.0 Å². The monoisotopic (exact) mass is 299 g/mol. The van der Waals surface area contributed by atoms with Crippen LogP contribution >= 0.6 is 0 Å². The molecule has 5 nitrogen and oxygen atoms in total. The number of nitrogens with one attached hydrogen (secondary N) is 2. The first-order chi connectivity index (χ1) is 9.25. The standard InChI is InChI=1S/C14H25N3O2S/c1-5-16-20(18,19)13-8-6-12(7-9-13)17-14(4,10-15)11(2)3/h6-9,11,16-17H,5,10,15H2,1-4H3. The Balaban J connectivity index is 2.93. The van der Waals surface area contributed by atoms with Gasteiger partial charge in [-0.1, -0.05) is 20.8 Å². The first-order valence-electron chi connectivity index (χ1n) is 6.83. The van der Waals surface area contributed by atoms with E-state index in [-0.39, 0.29) is 10.4 Å². The Morgan fingerprint density at radius 2 is 1.80 bits per heavy atom. The van der Waals surface area contributed by atoms with Gasteiger partial charge in [-0.25, -0.2) is 13.1 Å². The maximum Gasteiger partial charge on any atom is 0.240 e. The lowest BCUT2D eigenvalue weighted by Crippen LogP contribution is -2.47. The van der Waals surface area contributed by atoms with E-state index in [0.29, 0.717) is 19.0 Å². The highest BCUT2D eigenvalue weighted by atomic mass is 32.2. The average Bonchev–Trinajstić information content (AvgIpc) is 2.39. The third-order valence-corrected chi connectivity index (χ3v) is 5.19. The quantitative estimate of drug-likeness (QED) is 0.716. The first-order valence-corrected chi connectivity index (χ1v) is 8.31. The van der Waals surface area contributed by atoms with Crippen molar-refractivity contribution in [1.82, 2.24) is 4.72 Å². The fourth-order valence-electron chi connectivity index (χ4n) is 1.75. The maximum absolute atomic E-state index is 11.8. The van der Waals surface area contributed by atoms with Gasteiger partial charge in [-0.05, 0) is 37.1 Å². The summed E-state index contributed by atoms with van der Waals surface area (Å²) in [4.78, 5) is 0.267. The molecule has 1 unspecified atom stereocenters. The van der Waals surface area contributed by atoms with Crippen LogP contribution in [0.1, 0.15) is 27.7 Å². The molecule has 4 N–H and O–H groups in total. The Hall–Kier alpha value is -1.11. The summed E-state index contributed by atoms with van der Waals surface area (Å²) in [6, 6.07) is 6.72. The van der Waals surface area contributed by atoms with Crippen LogP contribution in [-0.4, -0.2) is 27.0 Å². The molecule has 0 amide bonds. The van der Waals surface area contributed by atoms with Crippen LogP contribution in [0.2, 0.25) is 0 Å². The second kappa shape index (κ2) is 6.56. The zero-order chi connectivity index (χ0) is 15.4. The van der Waals surface area contributed by atoms with Gasteiger partial charge in [0.15, 0.2) is 0 Å². The van der Waals surface area contributed by atoms with E-state index in [1.807, 2.05) is 0 Å². The lowest BCUT2D eigenvalue weighted by atomic mass is 9.88. The van der Waals surface area contributed by atoms with Crippen LogP contribution in [0, 0.1) is 5.92 Å². The lowest BCUT2D eigenvalue weighted by Gasteiger charge is -2.34. The molecule has 1 aromatic rings. The Bertz CT molecular complexity index is 526. The van der Waals surface area contributed by atoms with Crippen molar-refractivity contribution in [1.29, 1.82) is 0 Å². The summed E-state index contributed by atoms with van der Waals surface area (Å²) in [6.45, 7) is 8.89. The molecule has 0 saturated heterocycles. The van der Waals surface area contributed by atoms with Crippen molar-refractivity contribution in [3.8, 4) is 0 Å². The van der Waals surface area contributed by atoms with Gasteiger partial charge in [-0.15, -0.1) is 0 Å². The van der Waals surface area contributed by atoms with E-state index in [0.717, 1.165) is 5.69 Å². The van der Waals surface area contributed by atoms with Crippen molar-refractivity contribution >= 4 is 15.7 Å². The van der Waals surface area contributed by atoms with Gasteiger partial charge in [0.1, 0.15) is 0 Å². The topological polar surface area (TPSA) is 84.2 Å². The van der Waals surface area contributed by atoms with Crippen molar-refractivity contribution in [3.05, 3.63) is 24.3 Å². The molecule has 0 spiro atoms. The largest absolute Gasteiger partial charge is 0.378 e. The Morgan fingerprint density at radius 3 is 2.20 bits per heavy atom. The molecule has 1 atom stereocenters. The molecule has 0 aromatic heterocycles. The van der Waals surface area contributed by atoms with Gasteiger partial charge in [-0.3, -0.25) is 0 Å². The van der Waals surface area contributed by atoms with Gasteiger partial charge >= 0.3 is 0 Å². The molecule has 0 radical (unpaired) electrons. The number of rotatable bonds is 7. The van der Waals surface area contributed by atoms with E-state index in [9.17, 15) is 8.42 Å². The molecule has 0 aliphatic rings. The highest BCUT2D eigenvalue weighted by Gasteiger charge is 2.26. The number of nitrogens with two attached hydrogens (primary N) is 1. The van der Waals surface area contributed by atoms with Gasteiger partial charge in [-0.2, -0.15) is 0 Å². The van der Waals surface area contributed by atoms with Crippen molar-refractivity contribution < 1.29 is 8.42 Å². The molecule has 0 aliphatic heterocycles. The Kier molecular flexibility index (Phi) is 5.56. The summed E-state index contributed by atoms with van der Waals surface area (Å²) < 4.78 is 26.2. The lowest BCUT2D eigenvalue weighted by molar-refractivity contribution is 0.382. The average molecular weight is 299 g/mol. The van der Waals surface area contributed by atoms with Gasteiger partial charge in [0, 0.05) is 24.3 Å². The molecule has 0 heterocycles. The SMILES string of the molecule is CCNS(=O)(=O)c1ccc(NC(C)(CN)C(C)C)cc1. The predicted octanol–water partition coefficient (Wildman–Crippen LogP) is 1.77. The molecule has 0 saturated carbocycles. The summed E-state index contributed by atoms with van der Waals surface area (Å²) in [7, 11) is -3.40.